The lowest BCUT2D eigenvalue weighted by Crippen LogP contribution is -2.72. The first-order valence-electron chi connectivity index (χ1n) is 8.84. The van der Waals surface area contributed by atoms with Crippen LogP contribution >= 0.6 is 0 Å². The molecule has 0 saturated carbocycles. The average Bonchev–Trinajstić information content (AvgIpc) is 2.88. The summed E-state index contributed by atoms with van der Waals surface area (Å²) in [6, 6.07) is 4.89. The fourth-order valence-corrected chi connectivity index (χ4v) is 3.72. The Kier molecular flexibility index (Phi) is 5.36. The van der Waals surface area contributed by atoms with Gasteiger partial charge in [0.15, 0.2) is 0 Å². The van der Waals surface area contributed by atoms with Gasteiger partial charge in [0.05, 0.1) is 37.2 Å². The third-order valence-corrected chi connectivity index (χ3v) is 5.00. The number of carbonyl (C=O) groups excluding carboxylic acids is 4. The SMILES string of the molecule is O=C(O)CCN[N+]1([C@H]2CCC(=O)N(CCO)C2=O)C(=O)c2ccccc2C1=O. The summed E-state index contributed by atoms with van der Waals surface area (Å²) in [4.78, 5) is 63.3. The van der Waals surface area contributed by atoms with Crippen molar-refractivity contribution in [2.24, 2.45) is 0 Å². The smallest absolute Gasteiger partial charge is 0.374 e. The molecule has 2 heterocycles. The zero-order chi connectivity index (χ0) is 20.5. The molecule has 1 saturated heterocycles. The molecule has 1 aromatic rings. The fourth-order valence-electron chi connectivity index (χ4n) is 3.72. The molecule has 0 aromatic heterocycles. The molecule has 4 amide bonds. The number of aliphatic hydroxyl groups excluding tert-OH is 1. The van der Waals surface area contributed by atoms with Crippen molar-refractivity contribution in [3.05, 3.63) is 35.4 Å². The van der Waals surface area contributed by atoms with E-state index >= 15 is 0 Å². The molecule has 1 aromatic carbocycles. The van der Waals surface area contributed by atoms with Gasteiger partial charge in [-0.25, -0.2) is 9.59 Å². The summed E-state index contributed by atoms with van der Waals surface area (Å²) in [5.74, 6) is -3.70. The molecule has 148 valence electrons. The predicted molar refractivity (Wildman–Crippen MR) is 92.4 cm³/mol. The van der Waals surface area contributed by atoms with Crippen molar-refractivity contribution in [2.45, 2.75) is 25.3 Å². The maximum atomic E-state index is 13.2. The van der Waals surface area contributed by atoms with Crippen molar-refractivity contribution in [1.82, 2.24) is 10.3 Å². The van der Waals surface area contributed by atoms with E-state index in [1.807, 2.05) is 0 Å². The molecule has 0 aliphatic carbocycles. The number of piperidine rings is 1. The van der Waals surface area contributed by atoms with Gasteiger partial charge in [0.25, 0.3) is 5.91 Å². The van der Waals surface area contributed by atoms with Crippen LogP contribution in [0.3, 0.4) is 0 Å². The summed E-state index contributed by atoms with van der Waals surface area (Å²) in [7, 11) is 0. The molecular formula is C18H20N3O7+. The van der Waals surface area contributed by atoms with Crippen molar-refractivity contribution in [2.75, 3.05) is 19.7 Å². The maximum Gasteiger partial charge on any atom is 0.374 e. The Hall–Kier alpha value is -2.95. The van der Waals surface area contributed by atoms with E-state index in [4.69, 9.17) is 10.2 Å². The van der Waals surface area contributed by atoms with Crippen LogP contribution in [0, 0.1) is 0 Å². The molecule has 28 heavy (non-hydrogen) atoms. The van der Waals surface area contributed by atoms with Gasteiger partial charge in [0, 0.05) is 12.8 Å². The van der Waals surface area contributed by atoms with E-state index < -0.39 is 46.8 Å². The minimum atomic E-state index is -1.23. The highest BCUT2D eigenvalue weighted by Crippen LogP contribution is 2.34. The van der Waals surface area contributed by atoms with E-state index in [1.54, 1.807) is 12.1 Å². The van der Waals surface area contributed by atoms with Gasteiger partial charge in [-0.3, -0.25) is 19.3 Å². The van der Waals surface area contributed by atoms with Crippen LogP contribution in [0.4, 0.5) is 0 Å². The molecule has 10 heteroatoms. The number of aliphatic hydroxyl groups is 1. The first-order chi connectivity index (χ1) is 13.3. The van der Waals surface area contributed by atoms with E-state index in [0.717, 1.165) is 4.90 Å². The summed E-state index contributed by atoms with van der Waals surface area (Å²) in [6.07, 6.45) is -0.490. The van der Waals surface area contributed by atoms with Crippen LogP contribution in [-0.4, -0.2) is 75.0 Å². The standard InChI is InChI=1S/C18H19N3O7/c22-10-9-20-14(23)6-5-13(16(20)26)21(19-8-7-15(24)25)17(27)11-3-1-2-4-12(11)18(21)28/h1-4,13,19,22H,5-10H2/p+1/t13-/m0/s1. The van der Waals surface area contributed by atoms with Crippen molar-refractivity contribution < 1.29 is 38.8 Å². The number of fused-ring (bicyclic) bond motifs is 1. The quantitative estimate of drug-likeness (QED) is 0.409. The minimum absolute atomic E-state index is 0.0505. The van der Waals surface area contributed by atoms with Gasteiger partial charge in [0.1, 0.15) is 0 Å². The fraction of sp³-hybridized carbons (Fsp3) is 0.389. The molecule has 0 spiro atoms. The van der Waals surface area contributed by atoms with Gasteiger partial charge in [-0.05, 0) is 12.1 Å². The number of nitrogens with one attached hydrogen (secondary N) is 1. The number of likely N-dealkylation sites (tertiary alicyclic amines) is 1. The van der Waals surface area contributed by atoms with Crippen LogP contribution < -0.4 is 5.43 Å². The molecule has 1 atom stereocenters. The summed E-state index contributed by atoms with van der Waals surface area (Å²) in [6.45, 7) is -0.907. The molecule has 3 N–H and O–H groups in total. The van der Waals surface area contributed by atoms with E-state index in [1.165, 1.54) is 12.1 Å². The Morgan fingerprint density at radius 3 is 2.29 bits per heavy atom. The predicted octanol–water partition coefficient (Wildman–Crippen LogP) is -0.713. The number of β-amino-alcohol motifs (C(OH)–C–C–N with tert-alkyl or cyclic N) is 1. The normalized spacial score (nSPS) is 21.2. The Morgan fingerprint density at radius 1 is 1.14 bits per heavy atom. The molecule has 1 fully saturated rings. The monoisotopic (exact) mass is 390 g/mol. The van der Waals surface area contributed by atoms with Gasteiger partial charge in [-0.1, -0.05) is 12.1 Å². The summed E-state index contributed by atoms with van der Waals surface area (Å²) in [5, 5.41) is 18.1. The highest BCUT2D eigenvalue weighted by Gasteiger charge is 2.63. The topological polar surface area (TPSA) is 141 Å². The lowest BCUT2D eigenvalue weighted by Gasteiger charge is -2.39. The van der Waals surface area contributed by atoms with Gasteiger partial charge in [0.2, 0.25) is 11.9 Å². The largest absolute Gasteiger partial charge is 0.481 e. The third kappa shape index (κ3) is 3.01. The van der Waals surface area contributed by atoms with Gasteiger partial charge in [-0.2, -0.15) is 5.43 Å². The van der Waals surface area contributed by atoms with Crippen LogP contribution in [0.5, 0.6) is 0 Å². The number of carbonyl (C=O) groups is 5. The molecule has 0 unspecified atom stereocenters. The molecule has 0 radical (unpaired) electrons. The van der Waals surface area contributed by atoms with Crippen LogP contribution in [0.15, 0.2) is 24.3 Å². The third-order valence-electron chi connectivity index (χ3n) is 5.00. The Morgan fingerprint density at radius 2 is 1.75 bits per heavy atom. The number of carboxylic acids is 1. The van der Waals surface area contributed by atoms with E-state index in [2.05, 4.69) is 5.43 Å². The number of aliphatic carboxylic acids is 1. The van der Waals surface area contributed by atoms with Crippen LogP contribution in [0.1, 0.15) is 40.0 Å². The zero-order valence-electron chi connectivity index (χ0n) is 15.0. The minimum Gasteiger partial charge on any atom is -0.481 e. The maximum absolute atomic E-state index is 13.2. The molecule has 2 aliphatic heterocycles. The van der Waals surface area contributed by atoms with Gasteiger partial charge in [-0.15, -0.1) is 4.59 Å². The van der Waals surface area contributed by atoms with Gasteiger partial charge < -0.3 is 10.2 Å². The molecule has 3 rings (SSSR count). The van der Waals surface area contributed by atoms with E-state index in [9.17, 15) is 24.0 Å². The number of benzene rings is 1. The van der Waals surface area contributed by atoms with Crippen LogP contribution in [-0.2, 0) is 14.4 Å². The molecule has 2 aliphatic rings. The zero-order valence-corrected chi connectivity index (χ0v) is 15.0. The van der Waals surface area contributed by atoms with Crippen LogP contribution in [0.2, 0.25) is 0 Å². The summed E-state index contributed by atoms with van der Waals surface area (Å²) in [5.41, 5.74) is 2.95. The Labute approximate surface area is 159 Å². The van der Waals surface area contributed by atoms with Crippen molar-refractivity contribution >= 4 is 29.6 Å². The second-order valence-corrected chi connectivity index (χ2v) is 6.59. The number of rotatable bonds is 7. The second kappa shape index (κ2) is 7.58. The highest BCUT2D eigenvalue weighted by molar-refractivity contribution is 6.15. The summed E-state index contributed by atoms with van der Waals surface area (Å²) >= 11 is 0. The number of nitrogens with zero attached hydrogens (tertiary/aromatic N) is 2. The first-order valence-corrected chi connectivity index (χ1v) is 8.84. The number of hydrogen-bond acceptors (Lipinski definition) is 7. The molecule has 0 bridgehead atoms. The molecular weight excluding hydrogens is 370 g/mol. The summed E-state index contributed by atoms with van der Waals surface area (Å²) < 4.78 is -1.08. The molecule has 10 nitrogen and oxygen atoms in total. The Balaban J connectivity index is 2.04. The second-order valence-electron chi connectivity index (χ2n) is 6.59. The van der Waals surface area contributed by atoms with Crippen molar-refractivity contribution in [1.29, 1.82) is 0 Å². The van der Waals surface area contributed by atoms with Crippen LogP contribution in [0.25, 0.3) is 0 Å². The van der Waals surface area contributed by atoms with E-state index in [-0.39, 0.29) is 43.5 Å². The number of carboxylic acid groups (broad SMARTS) is 1. The van der Waals surface area contributed by atoms with Crippen molar-refractivity contribution in [3.8, 4) is 0 Å². The number of hydrogen-bond donors (Lipinski definition) is 3. The average molecular weight is 390 g/mol. The highest BCUT2D eigenvalue weighted by atomic mass is 16.4. The van der Waals surface area contributed by atoms with E-state index in [0.29, 0.717) is 0 Å². The lowest BCUT2D eigenvalue weighted by atomic mass is 10.0. The van der Waals surface area contributed by atoms with Crippen molar-refractivity contribution in [3.63, 3.8) is 0 Å². The number of amides is 4. The Bertz CT molecular complexity index is 831. The lowest BCUT2D eigenvalue weighted by molar-refractivity contribution is -0.829. The van der Waals surface area contributed by atoms with Gasteiger partial charge >= 0.3 is 17.8 Å². The number of quaternary nitrogens is 1. The first kappa shape index (κ1) is 19.8. The number of imide groups is 2.